The second kappa shape index (κ2) is 11.3. The predicted octanol–water partition coefficient (Wildman–Crippen LogP) is 3.46. The Morgan fingerprint density at radius 1 is 0.925 bits per heavy atom. The Balaban J connectivity index is 1.60. The molecule has 0 amide bonds. The van der Waals surface area contributed by atoms with Gasteiger partial charge >= 0.3 is 17.9 Å². The van der Waals surface area contributed by atoms with E-state index in [1.54, 1.807) is 13.8 Å². The predicted molar refractivity (Wildman–Crippen MR) is 144 cm³/mol. The maximum atomic E-state index is 13.4. The van der Waals surface area contributed by atoms with E-state index >= 15 is 0 Å². The molecular formula is C31H48O9. The molecule has 4 fully saturated rings. The quantitative estimate of drug-likeness (QED) is 0.352. The molecule has 2 N–H and O–H groups in total. The average molecular weight is 565 g/mol. The summed E-state index contributed by atoms with van der Waals surface area (Å²) >= 11 is 0. The van der Waals surface area contributed by atoms with Gasteiger partial charge in [-0.15, -0.1) is 0 Å². The minimum atomic E-state index is -1.40. The second-order valence-corrected chi connectivity index (χ2v) is 13.9. The summed E-state index contributed by atoms with van der Waals surface area (Å²) in [4.78, 5) is 49.7. The summed E-state index contributed by atoms with van der Waals surface area (Å²) in [6, 6.07) is 0. The van der Waals surface area contributed by atoms with Crippen LogP contribution in [0.5, 0.6) is 0 Å². The molecular weight excluding hydrogens is 516 g/mol. The van der Waals surface area contributed by atoms with Crippen molar-refractivity contribution in [3.05, 3.63) is 0 Å². The largest absolute Gasteiger partial charge is 0.465 e. The van der Waals surface area contributed by atoms with Gasteiger partial charge in [0, 0.05) is 26.2 Å². The Bertz CT molecular complexity index is 1010. The van der Waals surface area contributed by atoms with Crippen LogP contribution in [0.4, 0.5) is 0 Å². The molecule has 0 unspecified atom stereocenters. The van der Waals surface area contributed by atoms with E-state index in [9.17, 15) is 29.4 Å². The number of ketones is 1. The molecule has 226 valence electrons. The minimum Gasteiger partial charge on any atom is -0.465 e. The van der Waals surface area contributed by atoms with Crippen molar-refractivity contribution in [1.82, 2.24) is 0 Å². The van der Waals surface area contributed by atoms with E-state index in [2.05, 4.69) is 13.8 Å². The molecule has 0 spiro atoms. The van der Waals surface area contributed by atoms with Gasteiger partial charge in [-0.2, -0.15) is 0 Å². The van der Waals surface area contributed by atoms with Gasteiger partial charge in [-0.1, -0.05) is 34.6 Å². The molecule has 9 nitrogen and oxygen atoms in total. The Morgan fingerprint density at radius 2 is 1.52 bits per heavy atom. The maximum Gasteiger partial charge on any atom is 0.309 e. The molecule has 40 heavy (non-hydrogen) atoms. The fourth-order valence-electron chi connectivity index (χ4n) is 9.36. The first-order valence-electron chi connectivity index (χ1n) is 15.0. The van der Waals surface area contributed by atoms with Crippen LogP contribution in [0.25, 0.3) is 0 Å². The lowest BCUT2D eigenvalue weighted by molar-refractivity contribution is -0.188. The number of aliphatic hydroxyl groups excluding tert-OH is 2. The van der Waals surface area contributed by atoms with Crippen molar-refractivity contribution < 1.29 is 43.6 Å². The monoisotopic (exact) mass is 564 g/mol. The van der Waals surface area contributed by atoms with Crippen molar-refractivity contribution in [2.45, 2.75) is 111 Å². The Morgan fingerprint density at radius 3 is 2.12 bits per heavy atom. The fraction of sp³-hybridized carbons (Fsp3) is 0.871. The van der Waals surface area contributed by atoms with Gasteiger partial charge in [0.1, 0.15) is 18.3 Å². The number of esters is 3. The van der Waals surface area contributed by atoms with Crippen LogP contribution < -0.4 is 0 Å². The van der Waals surface area contributed by atoms with Gasteiger partial charge < -0.3 is 24.4 Å². The standard InChI is InChI=1S/C31H48O9/c1-15(2)26(34)28(36)27(35)16(3)20-8-9-21-19-14-38-29(37)23-12-24(39-17(4)32)25(40-18(5)33)13-31(23,7)22(19)10-11-30(20,21)6/h15-16,19-25,27-28,35-36H,8-14H2,1-7H3/t16-,19-,20+,21-,22-,23+,24-,25+,27-,28-,30+,31+/m0/s1. The Labute approximate surface area is 237 Å². The number of carbonyl (C=O) groups excluding carboxylic acids is 4. The highest BCUT2D eigenvalue weighted by molar-refractivity contribution is 5.85. The molecule has 1 aliphatic heterocycles. The maximum absolute atomic E-state index is 13.4. The highest BCUT2D eigenvalue weighted by Crippen LogP contribution is 2.66. The van der Waals surface area contributed by atoms with Crippen molar-refractivity contribution in [2.75, 3.05) is 6.61 Å². The van der Waals surface area contributed by atoms with Gasteiger partial charge in [0.05, 0.1) is 18.6 Å². The fourth-order valence-corrected chi connectivity index (χ4v) is 9.36. The van der Waals surface area contributed by atoms with Crippen LogP contribution in [0.2, 0.25) is 0 Å². The highest BCUT2D eigenvalue weighted by Gasteiger charge is 2.64. The summed E-state index contributed by atoms with van der Waals surface area (Å²) < 4.78 is 17.1. The zero-order valence-electron chi connectivity index (χ0n) is 25.1. The number of carbonyl (C=O) groups is 4. The molecule has 3 aliphatic carbocycles. The number of hydrogen-bond acceptors (Lipinski definition) is 9. The molecule has 1 heterocycles. The SMILES string of the molecule is CC(=O)O[C@H]1C[C@@H]2C(=O)OC[C@@H]3[C@H](CC[C@]4(C)[C@@H]([C@H](C)[C@H](O)[C@@H](O)C(=O)C(C)C)CC[C@@H]34)[C@@]2(C)C[C@H]1OC(C)=O. The van der Waals surface area contributed by atoms with Crippen molar-refractivity contribution >= 4 is 23.7 Å². The zero-order chi connectivity index (χ0) is 29.7. The zero-order valence-corrected chi connectivity index (χ0v) is 25.1. The van der Waals surface area contributed by atoms with Crippen LogP contribution in [0.3, 0.4) is 0 Å². The summed E-state index contributed by atoms with van der Waals surface area (Å²) in [7, 11) is 0. The lowest BCUT2D eigenvalue weighted by Gasteiger charge is -2.56. The normalized spacial score (nSPS) is 41.4. The smallest absolute Gasteiger partial charge is 0.309 e. The number of aliphatic hydroxyl groups is 2. The average Bonchev–Trinajstić information content (AvgIpc) is 3.18. The number of rotatable bonds is 7. The van der Waals surface area contributed by atoms with Crippen LogP contribution in [0.15, 0.2) is 0 Å². The van der Waals surface area contributed by atoms with Crippen LogP contribution >= 0.6 is 0 Å². The van der Waals surface area contributed by atoms with E-state index < -0.39 is 47.7 Å². The van der Waals surface area contributed by atoms with Gasteiger partial charge in [0.2, 0.25) is 0 Å². The molecule has 0 aromatic heterocycles. The molecule has 9 heteroatoms. The third-order valence-corrected chi connectivity index (χ3v) is 11.4. The molecule has 0 bridgehead atoms. The van der Waals surface area contributed by atoms with Crippen LogP contribution in [0, 0.1) is 52.3 Å². The molecule has 0 radical (unpaired) electrons. The van der Waals surface area contributed by atoms with Gasteiger partial charge in [-0.25, -0.2) is 0 Å². The van der Waals surface area contributed by atoms with Gasteiger partial charge in [0.15, 0.2) is 5.78 Å². The first-order chi connectivity index (χ1) is 18.6. The number of ether oxygens (including phenoxy) is 3. The first-order valence-corrected chi connectivity index (χ1v) is 15.0. The topological polar surface area (TPSA) is 136 Å². The lowest BCUT2D eigenvalue weighted by atomic mass is 9.48. The summed E-state index contributed by atoms with van der Waals surface area (Å²) in [5.74, 6) is -2.07. The Hall–Kier alpha value is -2.00. The van der Waals surface area contributed by atoms with Gasteiger partial charge in [0.25, 0.3) is 0 Å². The summed E-state index contributed by atoms with van der Waals surface area (Å²) in [6.45, 7) is 12.7. The van der Waals surface area contributed by atoms with Crippen molar-refractivity contribution in [1.29, 1.82) is 0 Å². The number of hydrogen-bond donors (Lipinski definition) is 2. The van der Waals surface area contributed by atoms with Crippen molar-refractivity contribution in [2.24, 2.45) is 52.3 Å². The third-order valence-electron chi connectivity index (χ3n) is 11.4. The van der Waals surface area contributed by atoms with Crippen LogP contribution in [-0.4, -0.2) is 64.9 Å². The summed E-state index contributed by atoms with van der Waals surface area (Å²) in [5, 5.41) is 21.7. The van der Waals surface area contributed by atoms with E-state index in [1.807, 2.05) is 6.92 Å². The first kappa shape index (κ1) is 30.9. The van der Waals surface area contributed by atoms with Gasteiger partial charge in [-0.05, 0) is 72.5 Å². The van der Waals surface area contributed by atoms with E-state index in [0.29, 0.717) is 13.0 Å². The molecule has 3 saturated carbocycles. The van der Waals surface area contributed by atoms with E-state index in [0.717, 1.165) is 25.7 Å². The van der Waals surface area contributed by atoms with Crippen molar-refractivity contribution in [3.63, 3.8) is 0 Å². The second-order valence-electron chi connectivity index (χ2n) is 13.9. The molecule has 4 aliphatic rings. The summed E-state index contributed by atoms with van der Waals surface area (Å²) in [5.41, 5.74) is -0.644. The highest BCUT2D eigenvalue weighted by atomic mass is 16.6. The van der Waals surface area contributed by atoms with Gasteiger partial charge in [-0.3, -0.25) is 19.2 Å². The van der Waals surface area contributed by atoms with E-state index in [1.165, 1.54) is 13.8 Å². The Kier molecular flexibility index (Phi) is 8.78. The number of cyclic esters (lactones) is 1. The molecule has 4 rings (SSSR count). The van der Waals surface area contributed by atoms with Crippen molar-refractivity contribution in [3.8, 4) is 0 Å². The van der Waals surface area contributed by atoms with E-state index in [-0.39, 0.29) is 59.1 Å². The van der Waals surface area contributed by atoms with Crippen LogP contribution in [-0.2, 0) is 33.4 Å². The van der Waals surface area contributed by atoms with Crippen LogP contribution in [0.1, 0.15) is 87.0 Å². The summed E-state index contributed by atoms with van der Waals surface area (Å²) in [6.07, 6.45) is 0.309. The molecule has 0 aromatic carbocycles. The molecule has 0 aromatic rings. The molecule has 1 saturated heterocycles. The number of fused-ring (bicyclic) bond motifs is 5. The minimum absolute atomic E-state index is 0.0949. The lowest BCUT2D eigenvalue weighted by Crippen LogP contribution is -2.56. The third kappa shape index (κ3) is 5.33. The molecule has 12 atom stereocenters. The van der Waals surface area contributed by atoms with E-state index in [4.69, 9.17) is 14.2 Å². The number of Topliss-reactive ketones (excluding diaryl/α,β-unsaturated/α-hetero) is 1.